The first kappa shape index (κ1) is 16.7. The van der Waals surface area contributed by atoms with E-state index in [4.69, 9.17) is 0 Å². The summed E-state index contributed by atoms with van der Waals surface area (Å²) < 4.78 is 1.20. The smallest absolute Gasteiger partial charge is 0.267 e. The van der Waals surface area contributed by atoms with Gasteiger partial charge >= 0.3 is 0 Å². The molecule has 2 heterocycles. The minimum absolute atomic E-state index is 0.0340. The van der Waals surface area contributed by atoms with Crippen LogP contribution in [-0.2, 0) is 6.42 Å². The van der Waals surface area contributed by atoms with Crippen LogP contribution in [0, 0.1) is 10.5 Å². The summed E-state index contributed by atoms with van der Waals surface area (Å²) in [6.07, 6.45) is 0.716. The van der Waals surface area contributed by atoms with Crippen LogP contribution >= 0.6 is 33.9 Å². The van der Waals surface area contributed by atoms with Crippen molar-refractivity contribution < 1.29 is 4.79 Å². The fraction of sp³-hybridized carbons (Fsp3) is 0.143. The number of hydrogen-bond donors (Lipinski definition) is 0. The van der Waals surface area contributed by atoms with Gasteiger partial charge in [0.25, 0.3) is 5.91 Å². The number of fused-ring (bicyclic) bond motifs is 1. The van der Waals surface area contributed by atoms with Crippen molar-refractivity contribution >= 4 is 45.5 Å². The summed E-state index contributed by atoms with van der Waals surface area (Å²) in [6.45, 7) is 2.07. The number of nitrogens with zero attached hydrogens (tertiary/aromatic N) is 1. The quantitative estimate of drug-likeness (QED) is 0.469. The molecule has 25 heavy (non-hydrogen) atoms. The number of benzene rings is 2. The van der Waals surface area contributed by atoms with E-state index in [1.165, 1.54) is 19.6 Å². The van der Waals surface area contributed by atoms with E-state index in [0.29, 0.717) is 6.42 Å². The lowest BCUT2D eigenvalue weighted by Crippen LogP contribution is -2.25. The molecular formula is C21H16INOS. The molecule has 0 fully saturated rings. The van der Waals surface area contributed by atoms with Crippen LogP contribution in [0.25, 0.3) is 0 Å². The molecule has 1 aliphatic heterocycles. The van der Waals surface area contributed by atoms with Crippen molar-refractivity contribution in [1.82, 2.24) is 0 Å². The number of hydrogen-bond acceptors (Lipinski definition) is 2. The van der Waals surface area contributed by atoms with Gasteiger partial charge in [0.15, 0.2) is 0 Å². The third kappa shape index (κ3) is 3.33. The molecule has 2 nitrogen and oxygen atoms in total. The minimum atomic E-state index is -0.122. The average Bonchev–Trinajstić information content (AvgIpc) is 3.09. The molecule has 1 atom stereocenters. The molecule has 4 heteroatoms. The van der Waals surface area contributed by atoms with Crippen molar-refractivity contribution in [3.05, 3.63) is 90.7 Å². The number of halogens is 1. The maximum Gasteiger partial charge on any atom is 0.277 e. The first-order chi connectivity index (χ1) is 12.1. The first-order valence-corrected chi connectivity index (χ1v) is 10.1. The third-order valence-electron chi connectivity index (χ3n) is 4.47. The van der Waals surface area contributed by atoms with Crippen molar-refractivity contribution in [2.24, 2.45) is 4.99 Å². The van der Waals surface area contributed by atoms with Gasteiger partial charge in [-0.25, -0.2) is 4.99 Å². The Morgan fingerprint density at radius 1 is 1.12 bits per heavy atom. The maximum atomic E-state index is 12.6. The van der Waals surface area contributed by atoms with Crippen LogP contribution in [0.5, 0.6) is 0 Å². The molecule has 0 bridgehead atoms. The summed E-state index contributed by atoms with van der Waals surface area (Å²) in [7, 11) is 0. The molecule has 0 N–H and O–H groups in total. The van der Waals surface area contributed by atoms with Gasteiger partial charge in [0.2, 0.25) is 0 Å². The molecular weight excluding hydrogens is 441 g/mol. The van der Waals surface area contributed by atoms with Gasteiger partial charge in [0, 0.05) is 32.1 Å². The lowest BCUT2D eigenvalue weighted by Gasteiger charge is -2.26. The second kappa shape index (κ2) is 6.84. The monoisotopic (exact) mass is 457 g/mol. The van der Waals surface area contributed by atoms with Gasteiger partial charge in [-0.2, -0.15) is 0 Å². The van der Waals surface area contributed by atoms with Crippen LogP contribution in [-0.4, -0.2) is 11.6 Å². The Hall–Kier alpha value is -1.79. The number of thiophene rings is 1. The van der Waals surface area contributed by atoms with Crippen LogP contribution in [0.4, 0.5) is 0 Å². The molecule has 0 aliphatic carbocycles. The maximum absolute atomic E-state index is 12.6. The van der Waals surface area contributed by atoms with E-state index in [1.54, 1.807) is 11.3 Å². The van der Waals surface area contributed by atoms with E-state index in [1.807, 2.05) is 18.2 Å². The molecule has 0 radical (unpaired) electrons. The average molecular weight is 457 g/mol. The Kier molecular flexibility index (Phi) is 4.56. The highest BCUT2D eigenvalue weighted by Gasteiger charge is 2.30. The molecule has 1 amide bonds. The zero-order valence-corrected chi connectivity index (χ0v) is 16.7. The highest BCUT2D eigenvalue weighted by Crippen LogP contribution is 2.35. The first-order valence-electron chi connectivity index (χ1n) is 8.12. The lowest BCUT2D eigenvalue weighted by molar-refractivity contribution is 0.0999. The summed E-state index contributed by atoms with van der Waals surface area (Å²) in [6, 6.07) is 18.7. The van der Waals surface area contributed by atoms with Crippen molar-refractivity contribution in [3.63, 3.8) is 0 Å². The van der Waals surface area contributed by atoms with Crippen molar-refractivity contribution in [2.75, 3.05) is 0 Å². The normalized spacial score (nSPS) is 16.5. The number of amides is 1. The summed E-state index contributed by atoms with van der Waals surface area (Å²) in [5.74, 6) is -0.0879. The predicted molar refractivity (Wildman–Crippen MR) is 112 cm³/mol. The molecule has 1 aliphatic rings. The second-order valence-corrected chi connectivity index (χ2v) is 8.52. The zero-order chi connectivity index (χ0) is 17.4. The van der Waals surface area contributed by atoms with E-state index in [-0.39, 0.29) is 11.8 Å². The van der Waals surface area contributed by atoms with Gasteiger partial charge in [-0.15, -0.1) is 11.3 Å². The molecule has 124 valence electrons. The van der Waals surface area contributed by atoms with E-state index in [0.717, 1.165) is 16.8 Å². The predicted octanol–water partition coefficient (Wildman–Crippen LogP) is 5.63. The Labute approximate surface area is 164 Å². The molecule has 1 aromatic heterocycles. The summed E-state index contributed by atoms with van der Waals surface area (Å²) in [5.41, 5.74) is 5.10. The highest BCUT2D eigenvalue weighted by atomic mass is 127. The summed E-state index contributed by atoms with van der Waals surface area (Å²) in [5, 5.41) is 2.07. The Bertz CT molecular complexity index is 958. The SMILES string of the molecule is Cc1ccc2c(c1)C(c1ccc(I)cc1)C(Cc1cccs1)=NC2=O. The minimum Gasteiger partial charge on any atom is -0.267 e. The Balaban J connectivity index is 1.86. The Morgan fingerprint density at radius 2 is 1.92 bits per heavy atom. The molecule has 1 unspecified atom stereocenters. The van der Waals surface area contributed by atoms with Crippen LogP contribution in [0.15, 0.2) is 65.0 Å². The van der Waals surface area contributed by atoms with Crippen LogP contribution in [0.1, 0.15) is 37.8 Å². The number of carbonyl (C=O) groups excluding carboxylic acids is 1. The molecule has 0 saturated carbocycles. The number of rotatable bonds is 3. The van der Waals surface area contributed by atoms with Gasteiger partial charge in [0.05, 0.1) is 0 Å². The van der Waals surface area contributed by atoms with Crippen LogP contribution in [0.3, 0.4) is 0 Å². The fourth-order valence-electron chi connectivity index (χ4n) is 3.31. The second-order valence-electron chi connectivity index (χ2n) is 6.24. The molecule has 3 aromatic rings. The molecule has 0 spiro atoms. The van der Waals surface area contributed by atoms with Crippen molar-refractivity contribution in [1.29, 1.82) is 0 Å². The molecule has 2 aromatic carbocycles. The van der Waals surface area contributed by atoms with Crippen molar-refractivity contribution in [2.45, 2.75) is 19.3 Å². The zero-order valence-electron chi connectivity index (χ0n) is 13.7. The van der Waals surface area contributed by atoms with Crippen LogP contribution < -0.4 is 0 Å². The van der Waals surface area contributed by atoms with Crippen molar-refractivity contribution in [3.8, 4) is 0 Å². The molecule has 4 rings (SSSR count). The van der Waals surface area contributed by atoms with E-state index in [2.05, 4.69) is 76.3 Å². The number of aryl methyl sites for hydroxylation is 1. The fourth-order valence-corrected chi connectivity index (χ4v) is 4.39. The van der Waals surface area contributed by atoms with Gasteiger partial charge in [-0.1, -0.05) is 35.9 Å². The van der Waals surface area contributed by atoms with E-state index >= 15 is 0 Å². The topological polar surface area (TPSA) is 29.4 Å². The number of aliphatic imine (C=N–C) groups is 1. The van der Waals surface area contributed by atoms with E-state index < -0.39 is 0 Å². The molecule has 0 saturated heterocycles. The lowest BCUT2D eigenvalue weighted by atomic mass is 9.80. The summed E-state index contributed by atoms with van der Waals surface area (Å²) in [4.78, 5) is 18.3. The highest BCUT2D eigenvalue weighted by molar-refractivity contribution is 14.1. The van der Waals surface area contributed by atoms with Gasteiger partial charge in [-0.05, 0) is 70.3 Å². The largest absolute Gasteiger partial charge is 0.277 e. The van der Waals surface area contributed by atoms with Gasteiger partial charge in [0.1, 0.15) is 0 Å². The van der Waals surface area contributed by atoms with Gasteiger partial charge < -0.3 is 0 Å². The van der Waals surface area contributed by atoms with E-state index in [9.17, 15) is 4.79 Å². The number of carbonyl (C=O) groups is 1. The summed E-state index contributed by atoms with van der Waals surface area (Å²) >= 11 is 4.02. The standard InChI is InChI=1S/C21H16INOS/c1-13-4-9-17-18(11-13)20(14-5-7-15(22)8-6-14)19(23-21(17)24)12-16-3-2-10-25-16/h2-11,20H,12H2,1H3. The Morgan fingerprint density at radius 3 is 2.64 bits per heavy atom. The third-order valence-corrected chi connectivity index (χ3v) is 6.06. The van der Waals surface area contributed by atoms with Crippen LogP contribution in [0.2, 0.25) is 0 Å². The van der Waals surface area contributed by atoms with Gasteiger partial charge in [-0.3, -0.25) is 4.79 Å².